The first kappa shape index (κ1) is 22.7. The fourth-order valence-electron chi connectivity index (χ4n) is 4.54. The molecule has 3 N–H and O–H groups in total. The fraction of sp³-hybridized carbons (Fsp3) is 0.500. The van der Waals surface area contributed by atoms with Crippen molar-refractivity contribution in [2.24, 2.45) is 5.14 Å². The average Bonchev–Trinajstić information content (AvgIpc) is 3.11. The van der Waals surface area contributed by atoms with Crippen LogP contribution < -0.4 is 10.5 Å². The normalized spacial score (nSPS) is 18.9. The topological polar surface area (TPSA) is 144 Å². The predicted octanol–water partition coefficient (Wildman–Crippen LogP) is 0.984. The molecule has 2 aliphatic rings. The van der Waals surface area contributed by atoms with Gasteiger partial charge in [-0.3, -0.25) is 19.7 Å². The smallest absolute Gasteiger partial charge is 0.252 e. The Morgan fingerprint density at radius 1 is 1.25 bits per heavy atom. The number of fused-ring (bicyclic) bond motifs is 1. The maximum Gasteiger partial charge on any atom is 0.252 e. The Hall–Kier alpha value is -2.44. The van der Waals surface area contributed by atoms with E-state index in [2.05, 4.69) is 10.3 Å². The zero-order valence-corrected chi connectivity index (χ0v) is 19.3. The van der Waals surface area contributed by atoms with Gasteiger partial charge in [0.05, 0.1) is 21.7 Å². The molecule has 1 aliphatic carbocycles. The van der Waals surface area contributed by atoms with Crippen LogP contribution in [-0.2, 0) is 31.0 Å². The number of rotatable bonds is 5. The highest BCUT2D eigenvalue weighted by molar-refractivity contribution is 7.99. The summed E-state index contributed by atoms with van der Waals surface area (Å²) in [5.41, 5.74) is 0.231. The SMILES string of the molecule is CCn1c(SCC(=O)N2CC(=O)NC(=O)C23CCCCC3)nc2cc(S(N)(=O)=O)ccc21. The molecule has 2 heterocycles. The highest BCUT2D eigenvalue weighted by atomic mass is 32.2. The van der Waals surface area contributed by atoms with E-state index in [1.54, 1.807) is 6.07 Å². The van der Waals surface area contributed by atoms with Crippen LogP contribution in [0.2, 0.25) is 0 Å². The molecule has 1 spiro atoms. The summed E-state index contributed by atoms with van der Waals surface area (Å²) >= 11 is 1.20. The highest BCUT2D eigenvalue weighted by Gasteiger charge is 2.50. The number of carbonyl (C=O) groups is 3. The van der Waals surface area contributed by atoms with Crippen molar-refractivity contribution < 1.29 is 22.8 Å². The van der Waals surface area contributed by atoms with Crippen LogP contribution in [0.25, 0.3) is 11.0 Å². The zero-order chi connectivity index (χ0) is 23.1. The summed E-state index contributed by atoms with van der Waals surface area (Å²) in [6, 6.07) is 4.48. The Morgan fingerprint density at radius 3 is 2.62 bits per heavy atom. The van der Waals surface area contributed by atoms with Crippen LogP contribution in [0.1, 0.15) is 39.0 Å². The monoisotopic (exact) mass is 479 g/mol. The number of amides is 3. The summed E-state index contributed by atoms with van der Waals surface area (Å²) < 4.78 is 25.2. The van der Waals surface area contributed by atoms with Crippen molar-refractivity contribution in [3.63, 3.8) is 0 Å². The van der Waals surface area contributed by atoms with Gasteiger partial charge in [-0.15, -0.1) is 0 Å². The van der Waals surface area contributed by atoms with Crippen molar-refractivity contribution in [1.82, 2.24) is 19.8 Å². The largest absolute Gasteiger partial charge is 0.319 e. The van der Waals surface area contributed by atoms with Crippen molar-refractivity contribution in [2.75, 3.05) is 12.3 Å². The number of hydrogen-bond acceptors (Lipinski definition) is 7. The molecular formula is C20H25N5O5S2. The van der Waals surface area contributed by atoms with Crippen LogP contribution in [0, 0.1) is 0 Å². The molecule has 2 fully saturated rings. The van der Waals surface area contributed by atoms with Crippen molar-refractivity contribution in [3.8, 4) is 0 Å². The van der Waals surface area contributed by atoms with Crippen LogP contribution in [0.15, 0.2) is 28.3 Å². The second kappa shape index (κ2) is 8.49. The molecule has 0 radical (unpaired) electrons. The van der Waals surface area contributed by atoms with Crippen LogP contribution in [0.5, 0.6) is 0 Å². The minimum Gasteiger partial charge on any atom is -0.319 e. The molecule has 172 valence electrons. The highest BCUT2D eigenvalue weighted by Crippen LogP contribution is 2.36. The van der Waals surface area contributed by atoms with Crippen LogP contribution in [0.3, 0.4) is 0 Å². The van der Waals surface area contributed by atoms with Gasteiger partial charge >= 0.3 is 0 Å². The molecule has 1 saturated carbocycles. The van der Waals surface area contributed by atoms with E-state index in [1.165, 1.54) is 28.8 Å². The lowest BCUT2D eigenvalue weighted by Gasteiger charge is -2.47. The third-order valence-electron chi connectivity index (χ3n) is 6.13. The van der Waals surface area contributed by atoms with Crippen LogP contribution in [0.4, 0.5) is 0 Å². The minimum absolute atomic E-state index is 0.00762. The van der Waals surface area contributed by atoms with Gasteiger partial charge in [-0.1, -0.05) is 31.0 Å². The molecule has 32 heavy (non-hydrogen) atoms. The summed E-state index contributed by atoms with van der Waals surface area (Å²) in [6.07, 6.45) is 3.76. The lowest BCUT2D eigenvalue weighted by molar-refractivity contribution is -0.158. The molecule has 0 atom stereocenters. The Morgan fingerprint density at radius 2 is 1.97 bits per heavy atom. The van der Waals surface area contributed by atoms with Gasteiger partial charge < -0.3 is 9.47 Å². The Bertz CT molecular complexity index is 1200. The third kappa shape index (κ3) is 4.02. The second-order valence-electron chi connectivity index (χ2n) is 8.07. The van der Waals surface area contributed by atoms with E-state index in [0.717, 1.165) is 24.8 Å². The molecule has 1 aromatic carbocycles. The number of nitrogens with one attached hydrogen (secondary N) is 1. The van der Waals surface area contributed by atoms with Gasteiger partial charge in [-0.2, -0.15) is 0 Å². The Balaban J connectivity index is 1.59. The molecule has 1 aromatic heterocycles. The second-order valence-corrected chi connectivity index (χ2v) is 10.6. The molecule has 1 saturated heterocycles. The molecule has 2 aromatic rings. The Labute approximate surface area is 190 Å². The van der Waals surface area contributed by atoms with Gasteiger partial charge in [0.25, 0.3) is 5.91 Å². The summed E-state index contributed by atoms with van der Waals surface area (Å²) in [4.78, 5) is 43.8. The summed E-state index contributed by atoms with van der Waals surface area (Å²) in [7, 11) is -3.86. The van der Waals surface area contributed by atoms with E-state index in [9.17, 15) is 22.8 Å². The molecule has 4 rings (SSSR count). The van der Waals surface area contributed by atoms with Gasteiger partial charge in [0.2, 0.25) is 21.8 Å². The van der Waals surface area contributed by atoms with E-state index in [4.69, 9.17) is 5.14 Å². The number of nitrogens with two attached hydrogens (primary N) is 1. The summed E-state index contributed by atoms with van der Waals surface area (Å²) in [6.45, 7) is 2.36. The number of benzene rings is 1. The number of imidazole rings is 1. The van der Waals surface area contributed by atoms with E-state index in [1.807, 2.05) is 11.5 Å². The first-order valence-electron chi connectivity index (χ1n) is 10.5. The van der Waals surface area contributed by atoms with Crippen LogP contribution in [-0.4, -0.2) is 58.4 Å². The number of thioether (sulfide) groups is 1. The molecular weight excluding hydrogens is 454 g/mol. The van der Waals surface area contributed by atoms with Crippen molar-refractivity contribution >= 4 is 50.5 Å². The van der Waals surface area contributed by atoms with E-state index in [0.29, 0.717) is 30.1 Å². The number of imide groups is 1. The molecule has 12 heteroatoms. The van der Waals surface area contributed by atoms with E-state index >= 15 is 0 Å². The first-order valence-corrected chi connectivity index (χ1v) is 13.0. The standard InChI is InChI=1S/C20H25N5O5S2/c1-2-24-15-7-6-13(32(21,29)30)10-14(15)22-19(24)31-12-17(27)25-11-16(26)23-18(28)20(25)8-4-3-5-9-20/h6-7,10H,2-5,8-9,11-12H2,1H3,(H2,21,29,30)(H,23,26,28). The van der Waals surface area contributed by atoms with E-state index < -0.39 is 21.5 Å². The predicted molar refractivity (Wildman–Crippen MR) is 118 cm³/mol. The van der Waals surface area contributed by atoms with E-state index in [-0.39, 0.29) is 29.0 Å². The number of aryl methyl sites for hydroxylation is 1. The average molecular weight is 480 g/mol. The molecule has 1 aliphatic heterocycles. The maximum atomic E-state index is 13.2. The van der Waals surface area contributed by atoms with Gasteiger partial charge in [0.1, 0.15) is 12.1 Å². The third-order valence-corrected chi connectivity index (χ3v) is 8.00. The molecule has 0 bridgehead atoms. The van der Waals surface area contributed by atoms with Gasteiger partial charge in [0.15, 0.2) is 5.16 Å². The minimum atomic E-state index is -3.86. The number of nitrogens with zero attached hydrogens (tertiary/aromatic N) is 3. The van der Waals surface area contributed by atoms with Crippen LogP contribution >= 0.6 is 11.8 Å². The lowest BCUT2D eigenvalue weighted by Crippen LogP contribution is -2.69. The molecule has 0 unspecified atom stereocenters. The first-order chi connectivity index (χ1) is 15.2. The number of hydrogen-bond donors (Lipinski definition) is 2. The van der Waals surface area contributed by atoms with Crippen molar-refractivity contribution in [1.29, 1.82) is 0 Å². The fourth-order valence-corrected chi connectivity index (χ4v) is 6.03. The summed E-state index contributed by atoms with van der Waals surface area (Å²) in [5, 5.41) is 8.17. The van der Waals surface area contributed by atoms with Crippen molar-refractivity contribution in [2.45, 2.75) is 61.2 Å². The van der Waals surface area contributed by atoms with Gasteiger partial charge in [0, 0.05) is 6.54 Å². The maximum absolute atomic E-state index is 13.2. The number of primary sulfonamides is 1. The quantitative estimate of drug-likeness (QED) is 0.480. The van der Waals surface area contributed by atoms with Crippen molar-refractivity contribution in [3.05, 3.63) is 18.2 Å². The number of carbonyl (C=O) groups excluding carboxylic acids is 3. The Kier molecular flexibility index (Phi) is 6.03. The molecule has 10 nitrogen and oxygen atoms in total. The zero-order valence-electron chi connectivity index (χ0n) is 17.7. The number of sulfonamides is 1. The number of aromatic nitrogens is 2. The lowest BCUT2D eigenvalue weighted by atomic mass is 9.78. The van der Waals surface area contributed by atoms with Gasteiger partial charge in [-0.05, 0) is 38.0 Å². The summed E-state index contributed by atoms with van der Waals surface area (Å²) in [5.74, 6) is -1.14. The molecule has 3 amide bonds. The van der Waals surface area contributed by atoms with Gasteiger partial charge in [-0.25, -0.2) is 18.5 Å². The number of piperazine rings is 1.